The standard InChI is InChI=1S/C11H14OS/c1-2-3-9-13(12)10-11-7-5-4-6-8-11/h2,4-8H,1,3,9-10H2. The zero-order valence-corrected chi connectivity index (χ0v) is 8.43. The van der Waals surface area contributed by atoms with Gasteiger partial charge in [0.05, 0.1) is 0 Å². The molecule has 0 saturated carbocycles. The van der Waals surface area contributed by atoms with Gasteiger partial charge in [-0.1, -0.05) is 36.4 Å². The van der Waals surface area contributed by atoms with Crippen molar-refractivity contribution in [2.24, 2.45) is 0 Å². The van der Waals surface area contributed by atoms with E-state index in [1.54, 1.807) is 0 Å². The summed E-state index contributed by atoms with van der Waals surface area (Å²) < 4.78 is 11.4. The third kappa shape index (κ3) is 4.04. The summed E-state index contributed by atoms with van der Waals surface area (Å²) in [4.78, 5) is 0. The molecule has 0 saturated heterocycles. The Hall–Kier alpha value is -0.890. The van der Waals surface area contributed by atoms with E-state index in [1.807, 2.05) is 36.4 Å². The summed E-state index contributed by atoms with van der Waals surface area (Å²) >= 11 is 0. The Morgan fingerprint density at radius 2 is 2.00 bits per heavy atom. The molecule has 0 spiro atoms. The molecule has 0 bridgehead atoms. The molecule has 0 fully saturated rings. The summed E-state index contributed by atoms with van der Waals surface area (Å²) in [7, 11) is -0.742. The molecular formula is C11H14OS. The number of benzene rings is 1. The van der Waals surface area contributed by atoms with Gasteiger partial charge in [-0.25, -0.2) is 0 Å². The fourth-order valence-electron chi connectivity index (χ4n) is 1.05. The molecule has 1 nitrogen and oxygen atoms in total. The molecule has 0 heterocycles. The maximum atomic E-state index is 11.4. The van der Waals surface area contributed by atoms with E-state index < -0.39 is 10.8 Å². The highest BCUT2D eigenvalue weighted by Gasteiger charge is 1.99. The lowest BCUT2D eigenvalue weighted by Crippen LogP contribution is -1.99. The summed E-state index contributed by atoms with van der Waals surface area (Å²) in [5.74, 6) is 1.38. The van der Waals surface area contributed by atoms with Crippen LogP contribution in [0.4, 0.5) is 0 Å². The lowest BCUT2D eigenvalue weighted by atomic mass is 10.2. The van der Waals surface area contributed by atoms with Crippen LogP contribution in [0.2, 0.25) is 0 Å². The van der Waals surface area contributed by atoms with E-state index in [2.05, 4.69) is 6.58 Å². The van der Waals surface area contributed by atoms with Crippen molar-refractivity contribution in [3.05, 3.63) is 48.6 Å². The Kier molecular flexibility index (Phi) is 4.47. The van der Waals surface area contributed by atoms with Crippen LogP contribution in [0.5, 0.6) is 0 Å². The first kappa shape index (κ1) is 10.2. The lowest BCUT2D eigenvalue weighted by molar-refractivity contribution is 0.682. The molecule has 0 aliphatic heterocycles. The molecule has 0 radical (unpaired) electrons. The van der Waals surface area contributed by atoms with Gasteiger partial charge in [0.1, 0.15) is 0 Å². The second-order valence-electron chi connectivity index (χ2n) is 2.85. The van der Waals surface area contributed by atoms with Gasteiger partial charge in [0.15, 0.2) is 0 Å². The normalized spacial score (nSPS) is 12.3. The highest BCUT2D eigenvalue weighted by Crippen LogP contribution is 2.03. The van der Waals surface area contributed by atoms with Crippen LogP contribution in [-0.4, -0.2) is 9.96 Å². The molecule has 0 N–H and O–H groups in total. The first-order valence-corrected chi connectivity index (χ1v) is 5.81. The predicted molar refractivity (Wildman–Crippen MR) is 58.0 cm³/mol. The summed E-state index contributed by atoms with van der Waals surface area (Å²) in [6.45, 7) is 3.61. The molecule has 1 unspecified atom stereocenters. The van der Waals surface area contributed by atoms with Crippen molar-refractivity contribution in [3.63, 3.8) is 0 Å². The van der Waals surface area contributed by atoms with E-state index in [0.717, 1.165) is 17.7 Å². The van der Waals surface area contributed by atoms with E-state index >= 15 is 0 Å². The van der Waals surface area contributed by atoms with Crippen LogP contribution < -0.4 is 0 Å². The fraction of sp³-hybridized carbons (Fsp3) is 0.273. The van der Waals surface area contributed by atoms with Crippen LogP contribution in [0.25, 0.3) is 0 Å². The van der Waals surface area contributed by atoms with Gasteiger partial charge in [-0.2, -0.15) is 0 Å². The van der Waals surface area contributed by atoms with Gasteiger partial charge in [-0.15, -0.1) is 6.58 Å². The number of hydrogen-bond acceptors (Lipinski definition) is 1. The molecule has 0 amide bonds. The second kappa shape index (κ2) is 5.70. The first-order valence-electron chi connectivity index (χ1n) is 4.32. The smallest absolute Gasteiger partial charge is 0.0485 e. The zero-order chi connectivity index (χ0) is 9.52. The van der Waals surface area contributed by atoms with Crippen LogP contribution >= 0.6 is 0 Å². The third-order valence-electron chi connectivity index (χ3n) is 1.72. The van der Waals surface area contributed by atoms with Gasteiger partial charge >= 0.3 is 0 Å². The largest absolute Gasteiger partial charge is 0.259 e. The average molecular weight is 194 g/mol. The van der Waals surface area contributed by atoms with Gasteiger partial charge in [0, 0.05) is 22.3 Å². The zero-order valence-electron chi connectivity index (χ0n) is 7.61. The van der Waals surface area contributed by atoms with Gasteiger partial charge in [-0.05, 0) is 12.0 Å². The van der Waals surface area contributed by atoms with Gasteiger partial charge in [0.2, 0.25) is 0 Å². The Morgan fingerprint density at radius 1 is 1.31 bits per heavy atom. The van der Waals surface area contributed by atoms with E-state index in [0.29, 0.717) is 5.75 Å². The van der Waals surface area contributed by atoms with Gasteiger partial charge in [-0.3, -0.25) is 4.21 Å². The Bertz CT molecular complexity index is 279. The van der Waals surface area contributed by atoms with E-state index in [4.69, 9.17) is 0 Å². The highest BCUT2D eigenvalue weighted by atomic mass is 32.2. The maximum absolute atomic E-state index is 11.4. The Morgan fingerprint density at radius 3 is 2.62 bits per heavy atom. The molecule has 70 valence electrons. The van der Waals surface area contributed by atoms with E-state index in [1.165, 1.54) is 0 Å². The van der Waals surface area contributed by atoms with Gasteiger partial charge < -0.3 is 0 Å². The monoisotopic (exact) mass is 194 g/mol. The molecule has 0 aliphatic carbocycles. The molecule has 1 rings (SSSR count). The number of allylic oxidation sites excluding steroid dienone is 1. The van der Waals surface area contributed by atoms with Crippen molar-refractivity contribution in [2.75, 3.05) is 5.75 Å². The van der Waals surface area contributed by atoms with Crippen molar-refractivity contribution < 1.29 is 4.21 Å². The minimum absolute atomic E-state index is 0.661. The molecule has 2 heteroatoms. The topological polar surface area (TPSA) is 17.1 Å². The first-order chi connectivity index (χ1) is 6.33. The Labute approximate surface area is 81.9 Å². The fourth-order valence-corrected chi connectivity index (χ4v) is 2.19. The van der Waals surface area contributed by atoms with Crippen molar-refractivity contribution in [2.45, 2.75) is 12.2 Å². The second-order valence-corrected chi connectivity index (χ2v) is 4.43. The SMILES string of the molecule is C=CCCS(=O)Cc1ccccc1. The van der Waals surface area contributed by atoms with Crippen LogP contribution in [0.1, 0.15) is 12.0 Å². The average Bonchev–Trinajstić information content (AvgIpc) is 2.16. The van der Waals surface area contributed by atoms with Crippen molar-refractivity contribution in [3.8, 4) is 0 Å². The number of hydrogen-bond donors (Lipinski definition) is 0. The summed E-state index contributed by atoms with van der Waals surface area (Å²) in [6.07, 6.45) is 2.64. The molecular weight excluding hydrogens is 180 g/mol. The van der Waals surface area contributed by atoms with E-state index in [-0.39, 0.29) is 0 Å². The van der Waals surface area contributed by atoms with Crippen molar-refractivity contribution in [1.82, 2.24) is 0 Å². The summed E-state index contributed by atoms with van der Waals surface area (Å²) in [6, 6.07) is 9.92. The van der Waals surface area contributed by atoms with Crippen LogP contribution in [0, 0.1) is 0 Å². The number of rotatable bonds is 5. The molecule has 0 aliphatic rings. The van der Waals surface area contributed by atoms with Crippen molar-refractivity contribution >= 4 is 10.8 Å². The summed E-state index contributed by atoms with van der Waals surface area (Å²) in [5, 5.41) is 0. The Balaban J connectivity index is 2.41. The summed E-state index contributed by atoms with van der Waals surface area (Å²) in [5.41, 5.74) is 1.14. The minimum atomic E-state index is -0.742. The molecule has 1 atom stereocenters. The minimum Gasteiger partial charge on any atom is -0.259 e. The maximum Gasteiger partial charge on any atom is 0.0485 e. The predicted octanol–water partition coefficient (Wildman–Crippen LogP) is 2.51. The van der Waals surface area contributed by atoms with Crippen LogP contribution in [0.3, 0.4) is 0 Å². The highest BCUT2D eigenvalue weighted by molar-refractivity contribution is 7.84. The third-order valence-corrected chi connectivity index (χ3v) is 3.07. The lowest BCUT2D eigenvalue weighted by Gasteiger charge is -1.99. The van der Waals surface area contributed by atoms with Crippen LogP contribution in [0.15, 0.2) is 43.0 Å². The molecule has 1 aromatic rings. The molecule has 0 aromatic heterocycles. The quantitative estimate of drug-likeness (QED) is 0.658. The van der Waals surface area contributed by atoms with Crippen LogP contribution in [-0.2, 0) is 16.6 Å². The van der Waals surface area contributed by atoms with Crippen molar-refractivity contribution in [1.29, 1.82) is 0 Å². The van der Waals surface area contributed by atoms with Gasteiger partial charge in [0.25, 0.3) is 0 Å². The molecule has 13 heavy (non-hydrogen) atoms. The molecule has 1 aromatic carbocycles. The van der Waals surface area contributed by atoms with E-state index in [9.17, 15) is 4.21 Å².